The lowest BCUT2D eigenvalue weighted by molar-refractivity contribution is 0.347. The second-order valence-corrected chi connectivity index (χ2v) is 4.47. The van der Waals surface area contributed by atoms with Crippen molar-refractivity contribution in [2.75, 3.05) is 19.6 Å². The third kappa shape index (κ3) is 3.25. The van der Waals surface area contributed by atoms with Gasteiger partial charge in [0.2, 0.25) is 0 Å². The molecule has 0 aromatic carbocycles. The van der Waals surface area contributed by atoms with Gasteiger partial charge in [-0.3, -0.25) is 9.97 Å². The molecule has 0 aliphatic carbocycles. The number of aromatic nitrogens is 2. The molecule has 1 saturated heterocycles. The summed E-state index contributed by atoms with van der Waals surface area (Å²) in [4.78, 5) is 8.39. The first-order chi connectivity index (χ1) is 7.86. The number of hydrogen-bond donors (Lipinski definition) is 2. The molecule has 2 atom stereocenters. The number of rotatable bonds is 4. The summed E-state index contributed by atoms with van der Waals surface area (Å²) in [6.07, 6.45) is 7.91. The van der Waals surface area contributed by atoms with E-state index in [2.05, 4.69) is 27.5 Å². The molecular weight excluding hydrogens is 200 g/mol. The van der Waals surface area contributed by atoms with Gasteiger partial charge >= 0.3 is 0 Å². The second-order valence-electron chi connectivity index (χ2n) is 4.47. The Kier molecular flexibility index (Phi) is 4.25. The molecular formula is C12H20N4. The van der Waals surface area contributed by atoms with Crippen molar-refractivity contribution in [1.29, 1.82) is 0 Å². The van der Waals surface area contributed by atoms with Gasteiger partial charge in [0.05, 0.1) is 5.69 Å². The van der Waals surface area contributed by atoms with E-state index < -0.39 is 0 Å². The van der Waals surface area contributed by atoms with Gasteiger partial charge in [0, 0.05) is 24.6 Å². The second kappa shape index (κ2) is 5.92. The van der Waals surface area contributed by atoms with Crippen molar-refractivity contribution in [2.45, 2.75) is 25.8 Å². The van der Waals surface area contributed by atoms with Gasteiger partial charge < -0.3 is 10.6 Å². The smallest absolute Gasteiger partial charge is 0.0753 e. The van der Waals surface area contributed by atoms with E-state index >= 15 is 0 Å². The summed E-state index contributed by atoms with van der Waals surface area (Å²) in [7, 11) is 0. The molecule has 2 rings (SSSR count). The van der Waals surface area contributed by atoms with Crippen LogP contribution in [0.15, 0.2) is 18.6 Å². The van der Waals surface area contributed by atoms with Crippen LogP contribution in [-0.2, 0) is 0 Å². The Morgan fingerprint density at radius 1 is 1.56 bits per heavy atom. The van der Waals surface area contributed by atoms with Crippen LogP contribution in [0.3, 0.4) is 0 Å². The maximum atomic E-state index is 4.30. The van der Waals surface area contributed by atoms with E-state index in [9.17, 15) is 0 Å². The quantitative estimate of drug-likeness (QED) is 0.798. The predicted octanol–water partition coefficient (Wildman–Crippen LogP) is 1.13. The van der Waals surface area contributed by atoms with E-state index in [-0.39, 0.29) is 6.04 Å². The highest BCUT2D eigenvalue weighted by Gasteiger charge is 2.14. The number of nitrogens with one attached hydrogen (secondary N) is 2. The summed E-state index contributed by atoms with van der Waals surface area (Å²) in [6.45, 7) is 5.52. The van der Waals surface area contributed by atoms with Crippen molar-refractivity contribution in [3.63, 3.8) is 0 Å². The molecule has 4 nitrogen and oxygen atoms in total. The first-order valence-electron chi connectivity index (χ1n) is 6.06. The Balaban J connectivity index is 1.77. The molecule has 4 heteroatoms. The highest BCUT2D eigenvalue weighted by atomic mass is 15.0. The molecule has 0 amide bonds. The molecule has 1 aliphatic rings. The lowest BCUT2D eigenvalue weighted by Crippen LogP contribution is -2.36. The van der Waals surface area contributed by atoms with Crippen molar-refractivity contribution < 1.29 is 0 Å². The van der Waals surface area contributed by atoms with Crippen LogP contribution in [0.25, 0.3) is 0 Å². The summed E-state index contributed by atoms with van der Waals surface area (Å²) >= 11 is 0. The monoisotopic (exact) mass is 220 g/mol. The highest BCUT2D eigenvalue weighted by molar-refractivity contribution is 5.00. The van der Waals surface area contributed by atoms with Crippen LogP contribution in [0.5, 0.6) is 0 Å². The van der Waals surface area contributed by atoms with E-state index in [0.717, 1.165) is 24.7 Å². The Bertz CT molecular complexity index is 295. The molecule has 1 fully saturated rings. The fourth-order valence-electron chi connectivity index (χ4n) is 2.08. The molecule has 0 spiro atoms. The summed E-state index contributed by atoms with van der Waals surface area (Å²) in [5.41, 5.74) is 1.02. The topological polar surface area (TPSA) is 49.8 Å². The van der Waals surface area contributed by atoms with Crippen LogP contribution in [0.4, 0.5) is 0 Å². The van der Waals surface area contributed by atoms with Crippen molar-refractivity contribution in [3.05, 3.63) is 24.3 Å². The summed E-state index contributed by atoms with van der Waals surface area (Å²) in [5.74, 6) is 0.757. The highest BCUT2D eigenvalue weighted by Crippen LogP contribution is 2.11. The lowest BCUT2D eigenvalue weighted by atomic mass is 9.99. The SMILES string of the molecule is C[C@H](NC[C@H]1CCCNC1)c1cnccn1. The molecule has 88 valence electrons. The van der Waals surface area contributed by atoms with Gasteiger partial charge in [-0.15, -0.1) is 0 Å². The van der Waals surface area contributed by atoms with Crippen LogP contribution >= 0.6 is 0 Å². The van der Waals surface area contributed by atoms with Crippen molar-refractivity contribution in [3.8, 4) is 0 Å². The number of piperidine rings is 1. The maximum absolute atomic E-state index is 4.30. The van der Waals surface area contributed by atoms with Gasteiger partial charge in [-0.25, -0.2) is 0 Å². The molecule has 0 saturated carbocycles. The first-order valence-corrected chi connectivity index (χ1v) is 6.06. The molecule has 16 heavy (non-hydrogen) atoms. The van der Waals surface area contributed by atoms with Gasteiger partial charge in [0.25, 0.3) is 0 Å². The van der Waals surface area contributed by atoms with Gasteiger partial charge in [-0.05, 0) is 45.3 Å². The molecule has 2 N–H and O–H groups in total. The number of nitrogens with zero attached hydrogens (tertiary/aromatic N) is 2. The van der Waals surface area contributed by atoms with Crippen molar-refractivity contribution in [2.24, 2.45) is 5.92 Å². The Labute approximate surface area is 96.9 Å². The van der Waals surface area contributed by atoms with Crippen molar-refractivity contribution >= 4 is 0 Å². The zero-order valence-electron chi connectivity index (χ0n) is 9.82. The molecule has 0 radical (unpaired) electrons. The van der Waals surface area contributed by atoms with E-state index in [1.807, 2.05) is 6.20 Å². The first kappa shape index (κ1) is 11.5. The molecule has 1 aromatic rings. The largest absolute Gasteiger partial charge is 0.316 e. The minimum absolute atomic E-state index is 0.288. The van der Waals surface area contributed by atoms with Gasteiger partial charge in [0.1, 0.15) is 0 Å². The summed E-state index contributed by atoms with van der Waals surface area (Å²) in [6, 6.07) is 0.288. The lowest BCUT2D eigenvalue weighted by Gasteiger charge is -2.24. The number of hydrogen-bond acceptors (Lipinski definition) is 4. The molecule has 0 unspecified atom stereocenters. The van der Waals surface area contributed by atoms with E-state index in [0.29, 0.717) is 0 Å². The normalized spacial score (nSPS) is 22.9. The maximum Gasteiger partial charge on any atom is 0.0753 e. The zero-order chi connectivity index (χ0) is 11.2. The molecule has 2 heterocycles. The van der Waals surface area contributed by atoms with Gasteiger partial charge in [-0.2, -0.15) is 0 Å². The molecule has 1 aromatic heterocycles. The third-order valence-electron chi connectivity index (χ3n) is 3.14. The van der Waals surface area contributed by atoms with E-state index in [4.69, 9.17) is 0 Å². The summed E-state index contributed by atoms with van der Waals surface area (Å²) in [5, 5.41) is 6.96. The Morgan fingerprint density at radius 2 is 2.50 bits per heavy atom. The van der Waals surface area contributed by atoms with E-state index in [1.165, 1.54) is 19.4 Å². The molecule has 1 aliphatic heterocycles. The van der Waals surface area contributed by atoms with Crippen LogP contribution in [0.1, 0.15) is 31.5 Å². The van der Waals surface area contributed by atoms with Crippen LogP contribution < -0.4 is 10.6 Å². The van der Waals surface area contributed by atoms with Gasteiger partial charge in [-0.1, -0.05) is 0 Å². The standard InChI is InChI=1S/C12H20N4/c1-10(12-9-14-5-6-15-12)16-8-11-3-2-4-13-7-11/h5-6,9-11,13,16H,2-4,7-8H2,1H3/t10-,11-/m0/s1. The zero-order valence-corrected chi connectivity index (χ0v) is 9.82. The fourth-order valence-corrected chi connectivity index (χ4v) is 2.08. The van der Waals surface area contributed by atoms with Crippen LogP contribution in [-0.4, -0.2) is 29.6 Å². The van der Waals surface area contributed by atoms with E-state index in [1.54, 1.807) is 12.4 Å². The third-order valence-corrected chi connectivity index (χ3v) is 3.14. The minimum Gasteiger partial charge on any atom is -0.316 e. The van der Waals surface area contributed by atoms with Gasteiger partial charge in [0.15, 0.2) is 0 Å². The predicted molar refractivity (Wildman–Crippen MR) is 64.0 cm³/mol. The minimum atomic E-state index is 0.288. The Morgan fingerprint density at radius 3 is 3.19 bits per heavy atom. The molecule has 0 bridgehead atoms. The fraction of sp³-hybridized carbons (Fsp3) is 0.667. The summed E-state index contributed by atoms with van der Waals surface area (Å²) < 4.78 is 0. The average molecular weight is 220 g/mol. The van der Waals surface area contributed by atoms with Crippen LogP contribution in [0, 0.1) is 5.92 Å². The average Bonchev–Trinajstić information content (AvgIpc) is 2.38. The van der Waals surface area contributed by atoms with Crippen molar-refractivity contribution in [1.82, 2.24) is 20.6 Å². The van der Waals surface area contributed by atoms with Crippen LogP contribution in [0.2, 0.25) is 0 Å². The Hall–Kier alpha value is -1.00.